The fraction of sp³-hybridized carbons (Fsp3) is 0.320. The minimum atomic E-state index is -5.08. The Morgan fingerprint density at radius 3 is 2.34 bits per heavy atom. The normalized spacial score (nSPS) is 13.2. The second-order valence-electron chi connectivity index (χ2n) is 8.72. The number of alkyl halides is 3. The highest BCUT2D eigenvalue weighted by Gasteiger charge is 2.38. The minimum absolute atomic E-state index is 0.00418. The van der Waals surface area contributed by atoms with Crippen molar-refractivity contribution in [2.24, 2.45) is 5.73 Å². The number of hydrogen-bond acceptors (Lipinski definition) is 7. The average Bonchev–Trinajstić information content (AvgIpc) is 3.23. The summed E-state index contributed by atoms with van der Waals surface area (Å²) in [6.45, 7) is 2.05. The summed E-state index contributed by atoms with van der Waals surface area (Å²) >= 11 is 0. The zero-order valence-corrected chi connectivity index (χ0v) is 21.3. The molecule has 0 saturated carbocycles. The van der Waals surface area contributed by atoms with Gasteiger partial charge >= 0.3 is 18.1 Å². The van der Waals surface area contributed by atoms with Gasteiger partial charge in [-0.05, 0) is 36.6 Å². The molecule has 220 valence electrons. The van der Waals surface area contributed by atoms with Crippen molar-refractivity contribution in [1.82, 2.24) is 19.9 Å². The van der Waals surface area contributed by atoms with Crippen LogP contribution in [0.4, 0.5) is 26.3 Å². The summed E-state index contributed by atoms with van der Waals surface area (Å²) < 4.78 is 79.0. The zero-order chi connectivity index (χ0) is 30.5. The molecule has 4 rings (SSSR count). The fourth-order valence-electron chi connectivity index (χ4n) is 3.89. The van der Waals surface area contributed by atoms with Gasteiger partial charge in [0.25, 0.3) is 0 Å². The van der Waals surface area contributed by atoms with Gasteiger partial charge in [-0.1, -0.05) is 23.4 Å². The predicted molar refractivity (Wildman–Crippen MR) is 128 cm³/mol. The Hall–Kier alpha value is -4.47. The number of carbonyl (C=O) groups is 3. The molecule has 0 radical (unpaired) electrons. The van der Waals surface area contributed by atoms with Crippen LogP contribution in [0.2, 0.25) is 0 Å². The highest BCUT2D eigenvalue weighted by molar-refractivity contribution is 5.89. The monoisotopic (exact) mass is 587 g/mol. The molecule has 1 aliphatic rings. The summed E-state index contributed by atoms with van der Waals surface area (Å²) in [5.74, 6) is -7.19. The number of aliphatic carboxylic acids is 1. The quantitative estimate of drug-likeness (QED) is 0.254. The minimum Gasteiger partial charge on any atom is -0.475 e. The van der Waals surface area contributed by atoms with E-state index in [9.17, 15) is 35.9 Å². The van der Waals surface area contributed by atoms with Gasteiger partial charge in [-0.2, -0.15) is 13.2 Å². The number of ether oxygens (including phenoxy) is 1. The van der Waals surface area contributed by atoms with E-state index in [4.69, 9.17) is 20.4 Å². The maximum Gasteiger partial charge on any atom is 0.490 e. The van der Waals surface area contributed by atoms with Gasteiger partial charge in [-0.3, -0.25) is 4.79 Å². The summed E-state index contributed by atoms with van der Waals surface area (Å²) in [5, 5.41) is 15.2. The van der Waals surface area contributed by atoms with E-state index in [1.54, 1.807) is 19.1 Å². The van der Waals surface area contributed by atoms with Crippen molar-refractivity contribution in [1.29, 1.82) is 0 Å². The van der Waals surface area contributed by atoms with Crippen LogP contribution in [0, 0.1) is 17.5 Å². The van der Waals surface area contributed by atoms with Crippen LogP contribution in [-0.4, -0.2) is 61.7 Å². The molecule has 16 heteroatoms. The van der Waals surface area contributed by atoms with Crippen LogP contribution in [0.5, 0.6) is 0 Å². The lowest BCUT2D eigenvalue weighted by Crippen LogP contribution is -2.36. The van der Waals surface area contributed by atoms with Gasteiger partial charge in [0, 0.05) is 25.1 Å². The maximum absolute atomic E-state index is 14.0. The summed E-state index contributed by atoms with van der Waals surface area (Å²) in [5.41, 5.74) is 7.78. The van der Waals surface area contributed by atoms with E-state index in [0.717, 1.165) is 11.6 Å². The van der Waals surface area contributed by atoms with Gasteiger partial charge in [0.1, 0.15) is 5.82 Å². The van der Waals surface area contributed by atoms with Gasteiger partial charge in [0.05, 0.1) is 24.5 Å². The first-order valence-corrected chi connectivity index (χ1v) is 11.9. The van der Waals surface area contributed by atoms with Crippen molar-refractivity contribution in [2.45, 2.75) is 45.1 Å². The molecule has 1 atom stereocenters. The van der Waals surface area contributed by atoms with E-state index >= 15 is 0 Å². The predicted octanol–water partition coefficient (Wildman–Crippen LogP) is 3.30. The van der Waals surface area contributed by atoms with Gasteiger partial charge in [0.2, 0.25) is 5.91 Å². The standard InChI is InChI=1S/C23H22F3N5O3.C2HF3O2/c1-2-34-23(33)22-20-12-30(11-13-5-3-4-6-19(13)31(20)29-28-22)21(32)9-15(27)7-14-8-17(25)18(26)10-16(14)24;3-2(4,5)1(6)7/h3-6,8,10,15H,2,7,9,11-12,27H2,1H3;(H,6,7)/t15-;/m1./s1. The number of benzene rings is 2. The van der Waals surface area contributed by atoms with E-state index in [1.165, 1.54) is 9.58 Å². The molecule has 0 bridgehead atoms. The molecule has 3 aromatic rings. The third kappa shape index (κ3) is 7.59. The first kappa shape index (κ1) is 31.1. The Bertz CT molecular complexity index is 1440. The van der Waals surface area contributed by atoms with Crippen molar-refractivity contribution >= 4 is 17.8 Å². The SMILES string of the molecule is CCOC(=O)c1nnn2c1CN(C(=O)C[C@H](N)Cc1cc(F)c(F)cc1F)Cc1ccccc1-2.O=C(O)C(F)(F)F. The number of nitrogens with two attached hydrogens (primary N) is 1. The second-order valence-corrected chi connectivity index (χ2v) is 8.72. The Morgan fingerprint density at radius 1 is 1.07 bits per heavy atom. The van der Waals surface area contributed by atoms with Crippen molar-refractivity contribution in [2.75, 3.05) is 6.61 Å². The number of nitrogens with zero attached hydrogens (tertiary/aromatic N) is 4. The molecular weight excluding hydrogens is 564 g/mol. The topological polar surface area (TPSA) is 141 Å². The van der Waals surface area contributed by atoms with Crippen LogP contribution in [0.15, 0.2) is 36.4 Å². The smallest absolute Gasteiger partial charge is 0.475 e. The number of amides is 1. The first-order chi connectivity index (χ1) is 19.2. The Morgan fingerprint density at radius 2 is 1.71 bits per heavy atom. The Balaban J connectivity index is 0.000000587. The molecule has 0 aliphatic carbocycles. The third-order valence-corrected chi connectivity index (χ3v) is 5.76. The van der Waals surface area contributed by atoms with Crippen molar-refractivity contribution in [3.05, 3.63) is 76.4 Å². The van der Waals surface area contributed by atoms with Crippen molar-refractivity contribution < 1.29 is 50.6 Å². The number of aromatic nitrogens is 3. The molecule has 41 heavy (non-hydrogen) atoms. The van der Waals surface area contributed by atoms with E-state index in [2.05, 4.69) is 10.3 Å². The first-order valence-electron chi connectivity index (χ1n) is 11.9. The zero-order valence-electron chi connectivity index (χ0n) is 21.3. The number of carboxylic acid groups (broad SMARTS) is 1. The van der Waals surface area contributed by atoms with Crippen LogP contribution in [0.1, 0.15) is 40.7 Å². The lowest BCUT2D eigenvalue weighted by molar-refractivity contribution is -0.192. The molecule has 0 spiro atoms. The number of para-hydroxylation sites is 1. The molecule has 10 nitrogen and oxygen atoms in total. The average molecular weight is 587 g/mol. The highest BCUT2D eigenvalue weighted by atomic mass is 19.4. The highest BCUT2D eigenvalue weighted by Crippen LogP contribution is 2.26. The summed E-state index contributed by atoms with van der Waals surface area (Å²) in [6.07, 6.45) is -5.43. The lowest BCUT2D eigenvalue weighted by atomic mass is 10.0. The molecule has 3 N–H and O–H groups in total. The van der Waals surface area contributed by atoms with E-state index in [1.807, 2.05) is 12.1 Å². The molecule has 1 aromatic heterocycles. The third-order valence-electron chi connectivity index (χ3n) is 5.76. The molecule has 2 heterocycles. The van der Waals surface area contributed by atoms with E-state index in [-0.39, 0.29) is 49.7 Å². The van der Waals surface area contributed by atoms with Crippen LogP contribution < -0.4 is 5.73 Å². The van der Waals surface area contributed by atoms with Gasteiger partial charge in [-0.15, -0.1) is 5.10 Å². The molecule has 0 fully saturated rings. The van der Waals surface area contributed by atoms with Gasteiger partial charge in [-0.25, -0.2) is 27.4 Å². The van der Waals surface area contributed by atoms with Crippen molar-refractivity contribution in [3.8, 4) is 5.69 Å². The number of carbonyl (C=O) groups excluding carboxylic acids is 2. The summed E-state index contributed by atoms with van der Waals surface area (Å²) in [7, 11) is 0. The van der Waals surface area contributed by atoms with Crippen LogP contribution in [-0.2, 0) is 33.8 Å². The van der Waals surface area contributed by atoms with E-state index < -0.39 is 41.6 Å². The molecule has 1 amide bonds. The van der Waals surface area contributed by atoms with Crippen molar-refractivity contribution in [3.63, 3.8) is 0 Å². The number of esters is 1. The summed E-state index contributed by atoms with van der Waals surface area (Å²) in [6, 6.07) is 7.59. The molecular formula is C25H23F6N5O5. The lowest BCUT2D eigenvalue weighted by Gasteiger charge is -2.23. The largest absolute Gasteiger partial charge is 0.490 e. The number of rotatable bonds is 6. The van der Waals surface area contributed by atoms with Crippen LogP contribution >= 0.6 is 0 Å². The maximum atomic E-state index is 14.0. The Labute approximate surface area is 228 Å². The number of hydrogen-bond donors (Lipinski definition) is 2. The number of fused-ring (bicyclic) bond motifs is 3. The van der Waals surface area contributed by atoms with Crippen LogP contribution in [0.3, 0.4) is 0 Å². The van der Waals surface area contributed by atoms with Crippen LogP contribution in [0.25, 0.3) is 5.69 Å². The fourth-order valence-corrected chi connectivity index (χ4v) is 3.89. The molecule has 1 aliphatic heterocycles. The molecule has 2 aromatic carbocycles. The van der Waals surface area contributed by atoms with E-state index in [0.29, 0.717) is 17.4 Å². The second kappa shape index (κ2) is 12.8. The number of carboxylic acids is 1. The molecule has 0 saturated heterocycles. The number of halogens is 6. The Kier molecular flexibility index (Phi) is 9.70. The van der Waals surface area contributed by atoms with Gasteiger partial charge < -0.3 is 20.5 Å². The molecule has 0 unspecified atom stereocenters. The summed E-state index contributed by atoms with van der Waals surface area (Å²) in [4.78, 5) is 35.9. The van der Waals surface area contributed by atoms with Gasteiger partial charge in [0.15, 0.2) is 17.3 Å².